The van der Waals surface area contributed by atoms with Crippen LogP contribution in [0.2, 0.25) is 0 Å². The molecule has 0 aliphatic carbocycles. The van der Waals surface area contributed by atoms with Crippen LogP contribution in [0.25, 0.3) is 170 Å². The monoisotopic (exact) mass is 1180 g/mol. The van der Waals surface area contributed by atoms with Gasteiger partial charge in [0, 0.05) is 65.2 Å². The first kappa shape index (κ1) is 51.6. The smallest absolute Gasteiger partial charge is 0.103 e. The Balaban J connectivity index is 0.763. The molecule has 0 saturated heterocycles. The molecule has 14 aromatic carbocycles. The zero-order valence-electron chi connectivity index (χ0n) is 49.5. The lowest BCUT2D eigenvalue weighted by Crippen LogP contribution is -2.05. The molecule has 0 aliphatic heterocycles. The van der Waals surface area contributed by atoms with Gasteiger partial charge in [0.15, 0.2) is 0 Å². The third kappa shape index (κ3) is 7.22. The van der Waals surface area contributed by atoms with E-state index in [0.29, 0.717) is 39.3 Å². The summed E-state index contributed by atoms with van der Waals surface area (Å²) in [5, 5.41) is 59.2. The number of para-hydroxylation sites is 6. The van der Waals surface area contributed by atoms with E-state index >= 15 is 0 Å². The van der Waals surface area contributed by atoms with Crippen molar-refractivity contribution >= 4 is 131 Å². The van der Waals surface area contributed by atoms with E-state index in [4.69, 9.17) is 0 Å². The molecule has 0 aliphatic rings. The van der Waals surface area contributed by atoms with Crippen molar-refractivity contribution in [2.24, 2.45) is 0 Å². The van der Waals surface area contributed by atoms with Crippen molar-refractivity contribution in [3.05, 3.63) is 295 Å². The summed E-state index contributed by atoms with van der Waals surface area (Å²) in [5.41, 5.74) is 16.9. The number of rotatable bonds is 6. The van der Waals surface area contributed by atoms with E-state index in [2.05, 4.69) is 247 Å². The van der Waals surface area contributed by atoms with E-state index in [9.17, 15) is 21.0 Å². The molecule has 0 N–H and O–H groups in total. The number of nitriles is 4. The van der Waals surface area contributed by atoms with Crippen LogP contribution >= 0.6 is 0 Å². The van der Waals surface area contributed by atoms with E-state index in [1.165, 1.54) is 0 Å². The molecule has 9 heteroatoms. The van der Waals surface area contributed by atoms with E-state index in [1.807, 2.05) is 72.8 Å². The van der Waals surface area contributed by atoms with Gasteiger partial charge in [-0.3, -0.25) is 0 Å². The van der Waals surface area contributed by atoms with Crippen LogP contribution in [0.5, 0.6) is 0 Å². The highest BCUT2D eigenvalue weighted by Crippen LogP contribution is 2.45. The summed E-state index contributed by atoms with van der Waals surface area (Å²) >= 11 is 0. The van der Waals surface area contributed by atoms with Gasteiger partial charge < -0.3 is 22.8 Å². The van der Waals surface area contributed by atoms with Gasteiger partial charge in [0.25, 0.3) is 0 Å². The van der Waals surface area contributed by atoms with E-state index in [1.54, 1.807) is 0 Å². The second-order valence-corrected chi connectivity index (χ2v) is 24.0. The van der Waals surface area contributed by atoms with E-state index < -0.39 is 0 Å². The lowest BCUT2D eigenvalue weighted by Gasteiger charge is -2.16. The van der Waals surface area contributed by atoms with Gasteiger partial charge in [-0.1, -0.05) is 158 Å². The second-order valence-electron chi connectivity index (χ2n) is 24.0. The van der Waals surface area contributed by atoms with Crippen molar-refractivity contribution in [2.45, 2.75) is 0 Å². The van der Waals surface area contributed by atoms with Gasteiger partial charge in [-0.15, -0.1) is 0 Å². The molecule has 0 unspecified atom stereocenters. The average molecular weight is 1180 g/mol. The predicted molar refractivity (Wildman–Crippen MR) is 377 cm³/mol. The molecule has 19 aromatic rings. The molecule has 0 atom stereocenters. The highest BCUT2D eigenvalue weighted by atomic mass is 15.0. The molecule has 93 heavy (non-hydrogen) atoms. The lowest BCUT2D eigenvalue weighted by atomic mass is 9.98. The molecular weight excluding hydrogens is 1130 g/mol. The molecule has 19 rings (SSSR count). The first-order valence-electron chi connectivity index (χ1n) is 30.9. The Kier molecular flexibility index (Phi) is 10.8. The van der Waals surface area contributed by atoms with Crippen LogP contribution in [0.3, 0.4) is 0 Å². The van der Waals surface area contributed by atoms with Crippen LogP contribution < -0.4 is 0 Å². The normalized spacial score (nSPS) is 11.8. The van der Waals surface area contributed by atoms with Crippen molar-refractivity contribution < 1.29 is 0 Å². The molecule has 0 radical (unpaired) electrons. The first-order chi connectivity index (χ1) is 46.0. The minimum absolute atomic E-state index is 0.300. The van der Waals surface area contributed by atoms with Crippen LogP contribution in [-0.2, 0) is 0 Å². The summed E-state index contributed by atoms with van der Waals surface area (Å²) in [7, 11) is 0. The zero-order chi connectivity index (χ0) is 61.7. The lowest BCUT2D eigenvalue weighted by molar-refractivity contribution is 1.12. The first-order valence-corrected chi connectivity index (χ1v) is 30.9. The molecule has 9 nitrogen and oxygen atoms in total. The highest BCUT2D eigenvalue weighted by Gasteiger charge is 2.26. The van der Waals surface area contributed by atoms with E-state index in [0.717, 1.165) is 153 Å². The van der Waals surface area contributed by atoms with Gasteiger partial charge in [-0.25, -0.2) is 0 Å². The molecule has 0 amide bonds. The van der Waals surface area contributed by atoms with Crippen molar-refractivity contribution in [3.63, 3.8) is 0 Å². The SMILES string of the molecule is N#Cc1cc(-n2c3ccc(-n4c5ccccc5c5cc(-c6ccc7cc8c9ccccc9n(-c9ccc(-n%10c%11ccccc%11c%11ccccc%11%10)c(C#N)c9C#N)c8cc7c6)ccc54)cc3c3c4ccccc4ccc32)cc(-n2c3ccccc3c3ccccc32)c1C#N. The second kappa shape index (κ2) is 19.5. The Labute approximate surface area is 530 Å². The minimum atomic E-state index is 0.300. The van der Waals surface area contributed by atoms with Gasteiger partial charge in [-0.2, -0.15) is 21.0 Å². The minimum Gasteiger partial charge on any atom is -0.309 e. The summed E-state index contributed by atoms with van der Waals surface area (Å²) in [6.07, 6.45) is 0. The Morgan fingerprint density at radius 2 is 0.634 bits per heavy atom. The standard InChI is InChI=1S/C84H45N9/c85-46-55-40-57(45-83(68(55)47-86)92-74-26-12-5-19-61(74)62-20-6-13-27-75(62)92)90-78-36-33-56(44-67(78)84-58-16-2-1-15-50(58)31-35-81(84)90)89-71-23-9-7-21-63(71)65-41-52(32-34-77(65)89)51-29-30-53-42-66-64-22-8-14-28-76(64)93(82(66)43-54(53)39-51)80-38-37-79(69(48-87)70(80)49-88)91-72-24-10-3-17-59(72)60-18-4-11-25-73(60)91/h1-45H. The Morgan fingerprint density at radius 1 is 0.215 bits per heavy atom. The fourth-order valence-corrected chi connectivity index (χ4v) is 15.4. The molecule has 0 spiro atoms. The summed E-state index contributed by atoms with van der Waals surface area (Å²) in [5.74, 6) is 0. The van der Waals surface area contributed by atoms with Gasteiger partial charge in [0.1, 0.15) is 24.3 Å². The Bertz CT molecular complexity index is 6640. The van der Waals surface area contributed by atoms with Crippen LogP contribution in [0, 0.1) is 45.3 Å². The maximum atomic E-state index is 11.2. The highest BCUT2D eigenvalue weighted by molar-refractivity contribution is 6.22. The maximum Gasteiger partial charge on any atom is 0.103 e. The molecule has 0 saturated carbocycles. The number of fused-ring (bicyclic) bond motifs is 18. The van der Waals surface area contributed by atoms with Crippen LogP contribution in [0.1, 0.15) is 22.3 Å². The van der Waals surface area contributed by atoms with Gasteiger partial charge >= 0.3 is 0 Å². The number of aromatic nitrogens is 5. The van der Waals surface area contributed by atoms with Crippen molar-refractivity contribution in [1.82, 2.24) is 22.8 Å². The van der Waals surface area contributed by atoms with Crippen LogP contribution in [0.4, 0.5) is 0 Å². The third-order valence-corrected chi connectivity index (χ3v) is 19.4. The molecule has 426 valence electrons. The summed E-state index contributed by atoms with van der Waals surface area (Å²) in [6, 6.07) is 105. The maximum absolute atomic E-state index is 11.2. The third-order valence-electron chi connectivity index (χ3n) is 19.4. The molecule has 5 aromatic heterocycles. The number of hydrogen-bond acceptors (Lipinski definition) is 4. The van der Waals surface area contributed by atoms with E-state index in [-0.39, 0.29) is 0 Å². The Hall–Kier alpha value is -13.4. The van der Waals surface area contributed by atoms with Gasteiger partial charge in [0.2, 0.25) is 0 Å². The summed E-state index contributed by atoms with van der Waals surface area (Å²) in [4.78, 5) is 0. The predicted octanol–water partition coefficient (Wildman–Crippen LogP) is 20.6. The van der Waals surface area contributed by atoms with Crippen LogP contribution in [0.15, 0.2) is 273 Å². The summed E-state index contributed by atoms with van der Waals surface area (Å²) in [6.45, 7) is 0. The topological polar surface area (TPSA) is 120 Å². The van der Waals surface area contributed by atoms with Crippen LogP contribution in [-0.4, -0.2) is 22.8 Å². The Morgan fingerprint density at radius 3 is 1.20 bits per heavy atom. The molecule has 0 bridgehead atoms. The number of benzene rings is 14. The van der Waals surface area contributed by atoms with Gasteiger partial charge in [-0.05, 0) is 148 Å². The zero-order valence-corrected chi connectivity index (χ0v) is 49.5. The fourth-order valence-electron chi connectivity index (χ4n) is 15.4. The summed E-state index contributed by atoms with van der Waals surface area (Å²) < 4.78 is 11.0. The van der Waals surface area contributed by atoms with Crippen molar-refractivity contribution in [1.29, 1.82) is 21.0 Å². The fraction of sp³-hybridized carbons (Fsp3) is 0. The van der Waals surface area contributed by atoms with Crippen molar-refractivity contribution in [3.8, 4) is 63.8 Å². The van der Waals surface area contributed by atoms with Gasteiger partial charge in [0.05, 0.1) is 94.5 Å². The number of nitrogens with zero attached hydrogens (tertiary/aromatic N) is 9. The molecular formula is C84H45N9. The van der Waals surface area contributed by atoms with Crippen molar-refractivity contribution in [2.75, 3.05) is 0 Å². The largest absolute Gasteiger partial charge is 0.309 e. The quantitative estimate of drug-likeness (QED) is 0.165. The average Bonchev–Trinajstić information content (AvgIpc) is 1.60. The molecule has 5 heterocycles. The number of hydrogen-bond donors (Lipinski definition) is 0. The molecule has 0 fully saturated rings.